The molecule has 1 N–H and O–H groups in total. The van der Waals surface area contributed by atoms with Gasteiger partial charge in [-0.3, -0.25) is 9.69 Å². The summed E-state index contributed by atoms with van der Waals surface area (Å²) in [5.41, 5.74) is -0.555. The quantitative estimate of drug-likeness (QED) is 0.804. The Morgan fingerprint density at radius 1 is 1.56 bits per heavy atom. The summed E-state index contributed by atoms with van der Waals surface area (Å²) in [5, 5.41) is 9.61. The Hall–Kier alpha value is -0.220. The fourth-order valence-corrected chi connectivity index (χ4v) is 3.94. The Kier molecular flexibility index (Phi) is 3.80. The number of nitrogens with zero attached hydrogens (tertiary/aromatic N) is 1. The summed E-state index contributed by atoms with van der Waals surface area (Å²) in [7, 11) is 0. The van der Waals surface area contributed by atoms with Crippen LogP contribution in [0.3, 0.4) is 0 Å². The maximum absolute atomic E-state index is 11.7. The number of hydrogen-bond donors (Lipinski definition) is 1. The lowest BCUT2D eigenvalue weighted by atomic mass is 9.92. The van der Waals surface area contributed by atoms with Crippen molar-refractivity contribution in [3.63, 3.8) is 0 Å². The highest BCUT2D eigenvalue weighted by atomic mass is 32.2. The normalized spacial score (nSPS) is 30.6. The number of carboxylic acid groups (broad SMARTS) is 1. The highest BCUT2D eigenvalue weighted by Gasteiger charge is 2.49. The summed E-state index contributed by atoms with van der Waals surface area (Å²) in [5.74, 6) is 1.30. The molecule has 0 radical (unpaired) electrons. The van der Waals surface area contributed by atoms with Crippen molar-refractivity contribution < 1.29 is 9.90 Å². The summed E-state index contributed by atoms with van der Waals surface area (Å²) in [6.45, 7) is 3.08. The number of hydrogen-bond acceptors (Lipinski definition) is 3. The number of thioether (sulfide) groups is 1. The summed E-state index contributed by atoms with van der Waals surface area (Å²) in [6, 6.07) is 0.551. The minimum absolute atomic E-state index is 0.551. The Morgan fingerprint density at radius 3 is 2.75 bits per heavy atom. The molecule has 0 aromatic carbocycles. The lowest BCUT2D eigenvalue weighted by molar-refractivity contribution is -0.151. The van der Waals surface area contributed by atoms with Crippen molar-refractivity contribution in [2.24, 2.45) is 0 Å². The molecule has 1 atom stereocenters. The second-order valence-corrected chi connectivity index (χ2v) is 6.02. The van der Waals surface area contributed by atoms with Gasteiger partial charge >= 0.3 is 5.97 Å². The molecule has 1 saturated heterocycles. The molecule has 0 aromatic rings. The van der Waals surface area contributed by atoms with Gasteiger partial charge in [-0.25, -0.2) is 0 Å². The van der Waals surface area contributed by atoms with Crippen LogP contribution >= 0.6 is 11.8 Å². The van der Waals surface area contributed by atoms with Gasteiger partial charge < -0.3 is 5.11 Å². The fourth-order valence-electron chi connectivity index (χ4n) is 2.67. The van der Waals surface area contributed by atoms with Crippen molar-refractivity contribution >= 4 is 17.7 Å². The molecule has 0 spiro atoms. The lowest BCUT2D eigenvalue weighted by Gasteiger charge is -2.43. The average molecular weight is 243 g/mol. The molecule has 0 aromatic heterocycles. The van der Waals surface area contributed by atoms with Crippen molar-refractivity contribution in [2.45, 2.75) is 50.6 Å². The van der Waals surface area contributed by atoms with E-state index in [9.17, 15) is 9.90 Å². The Balaban J connectivity index is 2.17. The van der Waals surface area contributed by atoms with Crippen molar-refractivity contribution in [3.8, 4) is 0 Å². The number of rotatable bonds is 5. The van der Waals surface area contributed by atoms with E-state index < -0.39 is 11.5 Å². The molecule has 1 unspecified atom stereocenters. The first-order valence-electron chi connectivity index (χ1n) is 6.28. The monoisotopic (exact) mass is 243 g/mol. The van der Waals surface area contributed by atoms with E-state index in [1.54, 1.807) is 0 Å². The fraction of sp³-hybridized carbons (Fsp3) is 0.917. The second kappa shape index (κ2) is 4.96. The second-order valence-electron chi connectivity index (χ2n) is 4.92. The molecule has 2 rings (SSSR count). The molecule has 1 aliphatic carbocycles. The van der Waals surface area contributed by atoms with Crippen LogP contribution in [-0.4, -0.2) is 45.6 Å². The third-order valence-corrected chi connectivity index (χ3v) is 4.88. The smallest absolute Gasteiger partial charge is 0.324 e. The average Bonchev–Trinajstić information content (AvgIpc) is 3.10. The van der Waals surface area contributed by atoms with E-state index in [1.807, 2.05) is 11.8 Å². The van der Waals surface area contributed by atoms with Crippen LogP contribution in [0, 0.1) is 0 Å². The lowest BCUT2D eigenvalue weighted by Crippen LogP contribution is -2.59. The number of aliphatic carboxylic acids is 1. The zero-order valence-electron chi connectivity index (χ0n) is 9.95. The van der Waals surface area contributed by atoms with Crippen LogP contribution in [0.1, 0.15) is 39.0 Å². The summed E-state index contributed by atoms with van der Waals surface area (Å²) in [6.07, 6.45) is 5.32. The minimum Gasteiger partial charge on any atom is -0.480 e. The van der Waals surface area contributed by atoms with E-state index in [2.05, 4.69) is 11.8 Å². The molecule has 16 heavy (non-hydrogen) atoms. The molecule has 92 valence electrons. The zero-order valence-corrected chi connectivity index (χ0v) is 10.8. The third-order valence-electron chi connectivity index (χ3n) is 3.62. The Bertz CT molecular complexity index is 260. The molecular formula is C12H21NO2S. The van der Waals surface area contributed by atoms with Crippen LogP contribution in [0.2, 0.25) is 0 Å². The predicted octanol–water partition coefficient (Wildman–Crippen LogP) is 2.21. The standard InChI is InChI=1S/C12H21NO2S/c1-2-7-13(10-4-5-10)12(11(14)15)6-3-8-16-9-12/h10H,2-9H2,1H3,(H,14,15). The maximum Gasteiger partial charge on any atom is 0.324 e. The van der Waals surface area contributed by atoms with Gasteiger partial charge in [0.2, 0.25) is 0 Å². The SMILES string of the molecule is CCCN(C1CC1)C1(C(=O)O)CCCSC1. The van der Waals surface area contributed by atoms with Crippen molar-refractivity contribution in [3.05, 3.63) is 0 Å². The summed E-state index contributed by atoms with van der Waals surface area (Å²) >= 11 is 1.81. The van der Waals surface area contributed by atoms with E-state index in [0.717, 1.165) is 37.3 Å². The summed E-state index contributed by atoms with van der Waals surface area (Å²) < 4.78 is 0. The molecule has 4 heteroatoms. The van der Waals surface area contributed by atoms with Crippen molar-refractivity contribution in [1.82, 2.24) is 4.90 Å². The van der Waals surface area contributed by atoms with Crippen molar-refractivity contribution in [2.75, 3.05) is 18.1 Å². The highest BCUT2D eigenvalue weighted by Crippen LogP contribution is 2.40. The van der Waals surface area contributed by atoms with Gasteiger partial charge in [0.05, 0.1) is 0 Å². The first-order chi connectivity index (χ1) is 7.70. The van der Waals surface area contributed by atoms with Gasteiger partial charge in [-0.15, -0.1) is 0 Å². The largest absolute Gasteiger partial charge is 0.480 e. The molecule has 2 aliphatic rings. The maximum atomic E-state index is 11.7. The number of carbonyl (C=O) groups is 1. The van der Waals surface area contributed by atoms with Gasteiger partial charge in [-0.1, -0.05) is 6.92 Å². The first kappa shape index (κ1) is 12.2. The molecule has 1 heterocycles. The third kappa shape index (κ3) is 2.23. The van der Waals surface area contributed by atoms with Gasteiger partial charge in [0, 0.05) is 11.8 Å². The van der Waals surface area contributed by atoms with Crippen LogP contribution < -0.4 is 0 Å². The van der Waals surface area contributed by atoms with Crippen molar-refractivity contribution in [1.29, 1.82) is 0 Å². The molecule has 1 aliphatic heterocycles. The first-order valence-corrected chi connectivity index (χ1v) is 7.44. The van der Waals surface area contributed by atoms with E-state index in [4.69, 9.17) is 0 Å². The van der Waals surface area contributed by atoms with Gasteiger partial charge in [0.15, 0.2) is 0 Å². The molecule has 1 saturated carbocycles. The van der Waals surface area contributed by atoms with Gasteiger partial charge in [0.25, 0.3) is 0 Å². The van der Waals surface area contributed by atoms with Crippen LogP contribution in [0.5, 0.6) is 0 Å². The van der Waals surface area contributed by atoms with E-state index in [1.165, 1.54) is 12.8 Å². The zero-order chi connectivity index (χ0) is 11.6. The molecular weight excluding hydrogens is 222 g/mol. The topological polar surface area (TPSA) is 40.5 Å². The summed E-state index contributed by atoms with van der Waals surface area (Å²) in [4.78, 5) is 14.0. The van der Waals surface area contributed by atoms with Crippen LogP contribution in [-0.2, 0) is 4.79 Å². The number of carboxylic acids is 1. The molecule has 0 bridgehead atoms. The molecule has 3 nitrogen and oxygen atoms in total. The van der Waals surface area contributed by atoms with Crippen LogP contribution in [0.25, 0.3) is 0 Å². The Morgan fingerprint density at radius 2 is 2.31 bits per heavy atom. The Labute approximate surface area is 102 Å². The molecule has 2 fully saturated rings. The van der Waals surface area contributed by atoms with Gasteiger partial charge in [0.1, 0.15) is 5.54 Å². The van der Waals surface area contributed by atoms with E-state index >= 15 is 0 Å². The minimum atomic E-state index is -0.597. The highest BCUT2D eigenvalue weighted by molar-refractivity contribution is 7.99. The predicted molar refractivity (Wildman–Crippen MR) is 66.9 cm³/mol. The van der Waals surface area contributed by atoms with Gasteiger partial charge in [-0.2, -0.15) is 11.8 Å². The van der Waals surface area contributed by atoms with Gasteiger partial charge in [-0.05, 0) is 44.4 Å². The van der Waals surface area contributed by atoms with E-state index in [0.29, 0.717) is 6.04 Å². The van der Waals surface area contributed by atoms with Crippen LogP contribution in [0.15, 0.2) is 0 Å². The van der Waals surface area contributed by atoms with Crippen LogP contribution in [0.4, 0.5) is 0 Å². The van der Waals surface area contributed by atoms with E-state index in [-0.39, 0.29) is 0 Å². The molecule has 0 amide bonds.